The Kier molecular flexibility index (Phi) is 3.56. The summed E-state index contributed by atoms with van der Waals surface area (Å²) in [6.45, 7) is 1.99. The van der Waals surface area contributed by atoms with Crippen molar-refractivity contribution in [2.45, 2.75) is 13.3 Å². The minimum absolute atomic E-state index is 0.301. The zero-order valence-electron chi connectivity index (χ0n) is 8.74. The van der Waals surface area contributed by atoms with Crippen LogP contribution in [0, 0.1) is 6.92 Å². The number of benzene rings is 1. The van der Waals surface area contributed by atoms with Crippen molar-refractivity contribution in [3.63, 3.8) is 0 Å². The molecule has 0 saturated carbocycles. The van der Waals surface area contributed by atoms with Crippen LogP contribution < -0.4 is 0 Å². The van der Waals surface area contributed by atoms with Gasteiger partial charge in [0.15, 0.2) is 0 Å². The van der Waals surface area contributed by atoms with E-state index in [4.69, 9.17) is 11.6 Å². The molecule has 0 N–H and O–H groups in total. The number of halogens is 2. The summed E-state index contributed by atoms with van der Waals surface area (Å²) in [5.74, 6) is 0. The van der Waals surface area contributed by atoms with Gasteiger partial charge >= 0.3 is 0 Å². The SMILES string of the molecule is Cc1cnc(Cl)nc1Cc1cccc(Br)c1. The molecule has 4 heteroatoms. The molecule has 0 fully saturated rings. The van der Waals surface area contributed by atoms with E-state index in [0.717, 1.165) is 22.2 Å². The Hall–Kier alpha value is -0.930. The highest BCUT2D eigenvalue weighted by Crippen LogP contribution is 2.16. The summed E-state index contributed by atoms with van der Waals surface area (Å²) in [5, 5.41) is 0.301. The predicted octanol–water partition coefficient (Wildman–Crippen LogP) is 3.79. The third-order valence-corrected chi connectivity index (χ3v) is 2.98. The first-order valence-corrected chi connectivity index (χ1v) is 6.05. The van der Waals surface area contributed by atoms with Gasteiger partial charge in [-0.2, -0.15) is 0 Å². The number of hydrogen-bond donors (Lipinski definition) is 0. The smallest absolute Gasteiger partial charge is 0.222 e. The van der Waals surface area contributed by atoms with E-state index in [2.05, 4.69) is 38.0 Å². The van der Waals surface area contributed by atoms with E-state index in [-0.39, 0.29) is 0 Å². The molecule has 0 aliphatic heterocycles. The lowest BCUT2D eigenvalue weighted by atomic mass is 10.1. The van der Waals surface area contributed by atoms with E-state index >= 15 is 0 Å². The molecule has 0 radical (unpaired) electrons. The van der Waals surface area contributed by atoms with Crippen LogP contribution in [-0.4, -0.2) is 9.97 Å². The quantitative estimate of drug-likeness (QED) is 0.788. The van der Waals surface area contributed by atoms with Gasteiger partial charge in [-0.3, -0.25) is 0 Å². The highest BCUT2D eigenvalue weighted by molar-refractivity contribution is 9.10. The summed E-state index contributed by atoms with van der Waals surface area (Å²) in [6.07, 6.45) is 2.52. The van der Waals surface area contributed by atoms with Crippen molar-refractivity contribution in [1.29, 1.82) is 0 Å². The second kappa shape index (κ2) is 4.93. The van der Waals surface area contributed by atoms with E-state index in [1.165, 1.54) is 5.56 Å². The molecule has 0 atom stereocenters. The average molecular weight is 298 g/mol. The average Bonchev–Trinajstić information content (AvgIpc) is 2.24. The van der Waals surface area contributed by atoms with Crippen LogP contribution in [-0.2, 0) is 6.42 Å². The fourth-order valence-electron chi connectivity index (χ4n) is 1.47. The third-order valence-electron chi connectivity index (χ3n) is 2.31. The Balaban J connectivity index is 2.30. The standard InChI is InChI=1S/C12H10BrClN2/c1-8-7-15-12(14)16-11(8)6-9-3-2-4-10(13)5-9/h2-5,7H,6H2,1H3. The van der Waals surface area contributed by atoms with Crippen molar-refractivity contribution in [2.75, 3.05) is 0 Å². The number of aryl methyl sites for hydroxylation is 1. The van der Waals surface area contributed by atoms with Gasteiger partial charge in [-0.25, -0.2) is 9.97 Å². The summed E-state index contributed by atoms with van der Waals surface area (Å²) < 4.78 is 1.07. The second-order valence-electron chi connectivity index (χ2n) is 3.58. The Morgan fingerprint density at radius 1 is 1.38 bits per heavy atom. The molecule has 0 bridgehead atoms. The Morgan fingerprint density at radius 3 is 2.94 bits per heavy atom. The number of aromatic nitrogens is 2. The van der Waals surface area contributed by atoms with E-state index < -0.39 is 0 Å². The summed E-state index contributed by atoms with van der Waals surface area (Å²) in [4.78, 5) is 8.18. The van der Waals surface area contributed by atoms with Crippen molar-refractivity contribution >= 4 is 27.5 Å². The highest BCUT2D eigenvalue weighted by Gasteiger charge is 2.04. The van der Waals surface area contributed by atoms with Crippen molar-refractivity contribution in [2.24, 2.45) is 0 Å². The van der Waals surface area contributed by atoms with Gasteiger partial charge in [0.05, 0.1) is 5.69 Å². The van der Waals surface area contributed by atoms with Gasteiger partial charge < -0.3 is 0 Å². The normalized spacial score (nSPS) is 10.4. The van der Waals surface area contributed by atoms with Crippen LogP contribution in [0.1, 0.15) is 16.8 Å². The molecule has 1 aromatic carbocycles. The monoisotopic (exact) mass is 296 g/mol. The molecule has 82 valence electrons. The van der Waals surface area contributed by atoms with Crippen molar-refractivity contribution < 1.29 is 0 Å². The Bertz CT molecular complexity index is 514. The predicted molar refractivity (Wildman–Crippen MR) is 68.7 cm³/mol. The number of nitrogens with zero attached hydrogens (tertiary/aromatic N) is 2. The minimum Gasteiger partial charge on any atom is -0.226 e. The fourth-order valence-corrected chi connectivity index (χ4v) is 2.07. The molecule has 0 amide bonds. The van der Waals surface area contributed by atoms with Crippen LogP contribution in [0.3, 0.4) is 0 Å². The molecule has 0 unspecified atom stereocenters. The first kappa shape index (κ1) is 11.6. The van der Waals surface area contributed by atoms with Gasteiger partial charge in [0, 0.05) is 17.1 Å². The minimum atomic E-state index is 0.301. The van der Waals surface area contributed by atoms with Gasteiger partial charge in [-0.15, -0.1) is 0 Å². The van der Waals surface area contributed by atoms with Crippen molar-refractivity contribution in [1.82, 2.24) is 9.97 Å². The molecule has 2 nitrogen and oxygen atoms in total. The fraction of sp³-hybridized carbons (Fsp3) is 0.167. The molecule has 2 rings (SSSR count). The number of hydrogen-bond acceptors (Lipinski definition) is 2. The van der Waals surface area contributed by atoms with Gasteiger partial charge in [0.25, 0.3) is 0 Å². The Labute approximate surface area is 108 Å². The van der Waals surface area contributed by atoms with E-state index in [9.17, 15) is 0 Å². The van der Waals surface area contributed by atoms with Crippen LogP contribution in [0.5, 0.6) is 0 Å². The molecule has 16 heavy (non-hydrogen) atoms. The lowest BCUT2D eigenvalue weighted by molar-refractivity contribution is 0.995. The summed E-state index contributed by atoms with van der Waals surface area (Å²) >= 11 is 9.23. The topological polar surface area (TPSA) is 25.8 Å². The lowest BCUT2D eigenvalue weighted by Crippen LogP contribution is -1.97. The van der Waals surface area contributed by atoms with Crippen LogP contribution in [0.15, 0.2) is 34.9 Å². The maximum Gasteiger partial charge on any atom is 0.222 e. The zero-order valence-corrected chi connectivity index (χ0v) is 11.1. The molecule has 0 saturated heterocycles. The largest absolute Gasteiger partial charge is 0.226 e. The van der Waals surface area contributed by atoms with Crippen molar-refractivity contribution in [3.8, 4) is 0 Å². The van der Waals surface area contributed by atoms with Gasteiger partial charge in [0.2, 0.25) is 5.28 Å². The Morgan fingerprint density at radius 2 is 2.19 bits per heavy atom. The van der Waals surface area contributed by atoms with Crippen LogP contribution in [0.25, 0.3) is 0 Å². The molecule has 1 heterocycles. The van der Waals surface area contributed by atoms with Crippen molar-refractivity contribution in [3.05, 3.63) is 57.0 Å². The summed E-state index contributed by atoms with van der Waals surface area (Å²) in [6, 6.07) is 8.16. The molecular formula is C12H10BrClN2. The molecule has 0 spiro atoms. The van der Waals surface area contributed by atoms with Crippen LogP contribution in [0.4, 0.5) is 0 Å². The van der Waals surface area contributed by atoms with E-state index in [1.54, 1.807) is 6.20 Å². The summed E-state index contributed by atoms with van der Waals surface area (Å²) in [5.41, 5.74) is 3.23. The van der Waals surface area contributed by atoms with Gasteiger partial charge in [0.1, 0.15) is 0 Å². The van der Waals surface area contributed by atoms with E-state index in [0.29, 0.717) is 5.28 Å². The molecular weight excluding hydrogens is 288 g/mol. The third kappa shape index (κ3) is 2.80. The lowest BCUT2D eigenvalue weighted by Gasteiger charge is -2.05. The molecule has 1 aromatic heterocycles. The number of rotatable bonds is 2. The second-order valence-corrected chi connectivity index (χ2v) is 4.83. The molecule has 0 aliphatic rings. The van der Waals surface area contributed by atoms with Crippen LogP contribution in [0.2, 0.25) is 5.28 Å². The van der Waals surface area contributed by atoms with Gasteiger partial charge in [-0.1, -0.05) is 28.1 Å². The highest BCUT2D eigenvalue weighted by atomic mass is 79.9. The summed E-state index contributed by atoms with van der Waals surface area (Å²) in [7, 11) is 0. The van der Waals surface area contributed by atoms with Crippen LogP contribution >= 0.6 is 27.5 Å². The maximum atomic E-state index is 5.78. The first-order valence-electron chi connectivity index (χ1n) is 4.87. The first-order chi connectivity index (χ1) is 7.65. The molecule has 0 aliphatic carbocycles. The van der Waals surface area contributed by atoms with E-state index in [1.807, 2.05) is 19.1 Å². The van der Waals surface area contributed by atoms with Gasteiger partial charge in [-0.05, 0) is 41.8 Å². The molecule has 2 aromatic rings. The zero-order chi connectivity index (χ0) is 11.5. The maximum absolute atomic E-state index is 5.78.